The minimum Gasteiger partial charge on any atom is -0.478 e. The molecule has 0 spiro atoms. The number of aliphatic carboxylic acids is 3. The van der Waals surface area contributed by atoms with E-state index < -0.39 is 17.9 Å². The van der Waals surface area contributed by atoms with Gasteiger partial charge in [-0.15, -0.1) is 0 Å². The summed E-state index contributed by atoms with van der Waals surface area (Å²) < 4.78 is 0. The van der Waals surface area contributed by atoms with Gasteiger partial charge in [-0.25, -0.2) is 14.4 Å². The van der Waals surface area contributed by atoms with Crippen molar-refractivity contribution < 1.29 is 52.5 Å². The van der Waals surface area contributed by atoms with Crippen LogP contribution in [-0.4, -0.2) is 33.2 Å². The van der Waals surface area contributed by atoms with Crippen molar-refractivity contribution in [2.45, 2.75) is 20.8 Å². The van der Waals surface area contributed by atoms with Gasteiger partial charge >= 0.3 is 17.9 Å². The first-order valence-electron chi connectivity index (χ1n) is 4.59. The molecule has 8 heteroatoms. The van der Waals surface area contributed by atoms with Crippen LogP contribution in [0.2, 0.25) is 0 Å². The van der Waals surface area contributed by atoms with Crippen LogP contribution in [0, 0.1) is 0 Å². The topological polar surface area (TPSA) is 140 Å². The number of hydrogen-bond acceptors (Lipinski definition) is 3. The van der Waals surface area contributed by atoms with Crippen LogP contribution in [0.4, 0.5) is 0 Å². The molecule has 0 aliphatic heterocycles. The van der Waals surface area contributed by atoms with E-state index in [0.717, 1.165) is 0 Å². The number of carboxylic acids is 3. The second kappa shape index (κ2) is 17.1. The molecule has 0 heterocycles. The number of carbonyl (C=O) groups is 3. The largest absolute Gasteiger partial charge is 0.478 e. The van der Waals surface area contributed by atoms with Crippen LogP contribution >= 0.6 is 0 Å². The van der Waals surface area contributed by atoms with Crippen molar-refractivity contribution in [3.8, 4) is 0 Å². The smallest absolute Gasteiger partial charge is 0.330 e. The van der Waals surface area contributed by atoms with Gasteiger partial charge in [0.1, 0.15) is 0 Å². The molecule has 0 saturated heterocycles. The van der Waals surface area contributed by atoms with Crippen LogP contribution < -0.4 is 0 Å². The molecule has 0 aromatic heterocycles. The van der Waals surface area contributed by atoms with Gasteiger partial charge in [-0.1, -0.05) is 19.7 Å². The van der Waals surface area contributed by atoms with E-state index in [1.165, 1.54) is 20.8 Å². The fourth-order valence-corrected chi connectivity index (χ4v) is 0. The third kappa shape index (κ3) is 36.0. The summed E-state index contributed by atoms with van der Waals surface area (Å²) in [5, 5.41) is 23.7. The van der Waals surface area contributed by atoms with Crippen molar-refractivity contribution in [1.29, 1.82) is 0 Å². The van der Waals surface area contributed by atoms with Gasteiger partial charge < -0.3 is 15.3 Å². The third-order valence-corrected chi connectivity index (χ3v) is 1.10. The quantitative estimate of drug-likeness (QED) is 0.676. The van der Waals surface area contributed by atoms with E-state index in [1.807, 2.05) is 0 Å². The summed E-state index contributed by atoms with van der Waals surface area (Å²) in [6.45, 7) is 13.8. The van der Waals surface area contributed by atoms with Crippen LogP contribution in [0.15, 0.2) is 36.5 Å². The maximum Gasteiger partial charge on any atom is 0.330 e. The Morgan fingerprint density at radius 2 is 0.700 bits per heavy atom. The van der Waals surface area contributed by atoms with Crippen molar-refractivity contribution in [1.82, 2.24) is 0 Å². The van der Waals surface area contributed by atoms with Crippen LogP contribution in [0.25, 0.3) is 0 Å². The van der Waals surface area contributed by atoms with Crippen molar-refractivity contribution in [3.63, 3.8) is 0 Å². The standard InChI is InChI=1S/3C4H6O2.Cr.O/c3*1-3(2)4(5)6;;/h3*1H2,2H3,(H,5,6);;. The van der Waals surface area contributed by atoms with Crippen LogP contribution in [0.1, 0.15) is 20.8 Å². The Bertz CT molecular complexity index is 279. The molecule has 0 rings (SSSR count). The molecule has 0 fully saturated rings. The zero-order valence-electron chi connectivity index (χ0n) is 11.5. The Labute approximate surface area is 128 Å². The molecule has 0 atom stereocenters. The predicted molar refractivity (Wildman–Crippen MR) is 68.0 cm³/mol. The Balaban J connectivity index is -0.0000000536. The zero-order valence-corrected chi connectivity index (χ0v) is 12.8. The van der Waals surface area contributed by atoms with Gasteiger partial charge in [-0.05, 0) is 20.8 Å². The fraction of sp³-hybridized carbons (Fsp3) is 0.250. The Kier molecular flexibility index (Phi) is 26.4. The number of rotatable bonds is 3. The van der Waals surface area contributed by atoms with Crippen molar-refractivity contribution in [3.05, 3.63) is 36.5 Å². The Morgan fingerprint density at radius 1 is 0.650 bits per heavy atom. The van der Waals surface area contributed by atoms with E-state index in [-0.39, 0.29) is 39.6 Å². The van der Waals surface area contributed by atoms with Gasteiger partial charge in [0.25, 0.3) is 0 Å². The number of carboxylic acid groups (broad SMARTS) is 3. The SMILES string of the molecule is C=C(C)C(=O)O.C=C(C)C(=O)O.C=C(C)C(=O)O.[Cr].[O]. The average molecular weight is 326 g/mol. The molecule has 0 saturated carbocycles. The molecule has 114 valence electrons. The van der Waals surface area contributed by atoms with Gasteiger partial charge in [0.15, 0.2) is 0 Å². The monoisotopic (exact) mass is 326 g/mol. The molecule has 0 aliphatic rings. The second-order valence-corrected chi connectivity index (χ2v) is 3.26. The molecule has 3 N–H and O–H groups in total. The Morgan fingerprint density at radius 3 is 0.700 bits per heavy atom. The maximum atomic E-state index is 9.60. The summed E-state index contributed by atoms with van der Waals surface area (Å²) in [4.78, 5) is 28.8. The van der Waals surface area contributed by atoms with Gasteiger partial charge in [-0.3, -0.25) is 0 Å². The molecule has 0 aliphatic carbocycles. The first kappa shape index (κ1) is 30.9. The molecule has 7 nitrogen and oxygen atoms in total. The van der Waals surface area contributed by atoms with Gasteiger partial charge in [0.05, 0.1) is 0 Å². The summed E-state index contributed by atoms with van der Waals surface area (Å²) in [6.07, 6.45) is 0. The first-order valence-corrected chi connectivity index (χ1v) is 4.59. The fourth-order valence-electron chi connectivity index (χ4n) is 0. The van der Waals surface area contributed by atoms with Gasteiger partial charge in [0, 0.05) is 39.6 Å². The van der Waals surface area contributed by atoms with Crippen LogP contribution in [0.5, 0.6) is 0 Å². The minimum absolute atomic E-state index is 0. The van der Waals surface area contributed by atoms with Crippen LogP contribution in [0.3, 0.4) is 0 Å². The van der Waals surface area contributed by atoms with Crippen molar-refractivity contribution in [2.75, 3.05) is 0 Å². The molecule has 0 aromatic rings. The molecule has 0 unspecified atom stereocenters. The zero-order chi connectivity index (χ0) is 15.5. The van der Waals surface area contributed by atoms with Gasteiger partial charge in [-0.2, -0.15) is 0 Å². The summed E-state index contributed by atoms with van der Waals surface area (Å²) in [7, 11) is 0. The summed E-state index contributed by atoms with van der Waals surface area (Å²) in [6, 6.07) is 0. The van der Waals surface area contributed by atoms with Crippen LogP contribution in [-0.2, 0) is 37.2 Å². The first-order chi connectivity index (χ1) is 7.93. The number of hydrogen-bond donors (Lipinski definition) is 3. The molecule has 2 radical (unpaired) electrons. The average Bonchev–Trinajstić information content (AvgIpc) is 2.18. The molecular formula is C12H18CrO7. The van der Waals surface area contributed by atoms with E-state index in [0.29, 0.717) is 0 Å². The minimum atomic E-state index is -0.935. The van der Waals surface area contributed by atoms with Crippen molar-refractivity contribution in [2.24, 2.45) is 0 Å². The summed E-state index contributed by atoms with van der Waals surface area (Å²) >= 11 is 0. The van der Waals surface area contributed by atoms with E-state index in [2.05, 4.69) is 19.7 Å². The van der Waals surface area contributed by atoms with Crippen molar-refractivity contribution >= 4 is 17.9 Å². The summed E-state index contributed by atoms with van der Waals surface area (Å²) in [5.41, 5.74) is 0.528. The molecule has 0 amide bonds. The van der Waals surface area contributed by atoms with E-state index in [4.69, 9.17) is 15.3 Å². The predicted octanol–water partition coefficient (Wildman–Crippen LogP) is 1.82. The molecule has 0 aromatic carbocycles. The Hall–Kier alpha value is -1.88. The molecule has 20 heavy (non-hydrogen) atoms. The third-order valence-electron chi connectivity index (χ3n) is 1.10. The normalized spacial score (nSPS) is 6.75. The van der Waals surface area contributed by atoms with E-state index >= 15 is 0 Å². The van der Waals surface area contributed by atoms with E-state index in [1.54, 1.807) is 0 Å². The molecule has 0 bridgehead atoms. The van der Waals surface area contributed by atoms with E-state index in [9.17, 15) is 14.4 Å². The van der Waals surface area contributed by atoms with Gasteiger partial charge in [0.2, 0.25) is 0 Å². The summed E-state index contributed by atoms with van der Waals surface area (Å²) in [5.74, 6) is -2.81. The maximum absolute atomic E-state index is 9.60. The molecular weight excluding hydrogens is 308 g/mol. The second-order valence-electron chi connectivity index (χ2n) is 3.26.